The normalized spacial score (nSPS) is 10.5. The van der Waals surface area contributed by atoms with Crippen LogP contribution in [-0.2, 0) is 6.42 Å². The summed E-state index contributed by atoms with van der Waals surface area (Å²) in [5.41, 5.74) is 1.02. The molecule has 0 atom stereocenters. The minimum absolute atomic E-state index is 0.224. The average molecular weight is 209 g/mol. The monoisotopic (exact) mass is 209 g/mol. The van der Waals surface area contributed by atoms with E-state index in [1.54, 1.807) is 12.3 Å². The predicted octanol–water partition coefficient (Wildman–Crippen LogP) is 4.12. The molecule has 0 spiro atoms. The van der Waals surface area contributed by atoms with E-state index in [2.05, 4.69) is 11.9 Å². The maximum Gasteiger partial charge on any atom is 0.141 e. The van der Waals surface area contributed by atoms with Gasteiger partial charge in [0.2, 0.25) is 0 Å². The van der Waals surface area contributed by atoms with E-state index in [1.165, 1.54) is 38.3 Å². The zero-order chi connectivity index (χ0) is 10.9. The van der Waals surface area contributed by atoms with Gasteiger partial charge in [0.1, 0.15) is 5.82 Å². The van der Waals surface area contributed by atoms with Gasteiger partial charge in [0.15, 0.2) is 0 Å². The molecule has 0 aliphatic heterocycles. The third-order valence-electron chi connectivity index (χ3n) is 2.58. The molecule has 0 fully saturated rings. The number of halogens is 1. The molecule has 0 saturated carbocycles. The second-order valence-electron chi connectivity index (χ2n) is 4.03. The summed E-state index contributed by atoms with van der Waals surface area (Å²) in [6, 6.07) is 1.58. The van der Waals surface area contributed by atoms with Crippen molar-refractivity contribution in [2.45, 2.75) is 51.9 Å². The molecule has 1 heterocycles. The molecule has 15 heavy (non-hydrogen) atoms. The number of pyridine rings is 1. The maximum absolute atomic E-state index is 12.8. The number of rotatable bonds is 7. The van der Waals surface area contributed by atoms with Crippen LogP contribution in [0.15, 0.2) is 18.5 Å². The van der Waals surface area contributed by atoms with E-state index >= 15 is 0 Å². The lowest BCUT2D eigenvalue weighted by Gasteiger charge is -2.01. The fourth-order valence-electron chi connectivity index (χ4n) is 1.70. The summed E-state index contributed by atoms with van der Waals surface area (Å²) in [7, 11) is 0. The molecule has 1 rings (SSSR count). The summed E-state index contributed by atoms with van der Waals surface area (Å²) in [5, 5.41) is 0. The van der Waals surface area contributed by atoms with Crippen LogP contribution in [0, 0.1) is 5.82 Å². The zero-order valence-electron chi connectivity index (χ0n) is 9.51. The first-order chi connectivity index (χ1) is 7.33. The Morgan fingerprint density at radius 2 is 1.80 bits per heavy atom. The van der Waals surface area contributed by atoms with Crippen molar-refractivity contribution in [3.8, 4) is 0 Å². The van der Waals surface area contributed by atoms with E-state index in [0.29, 0.717) is 0 Å². The van der Waals surface area contributed by atoms with E-state index in [0.717, 1.165) is 18.4 Å². The van der Waals surface area contributed by atoms with Crippen LogP contribution < -0.4 is 0 Å². The highest BCUT2D eigenvalue weighted by atomic mass is 19.1. The molecule has 0 bridgehead atoms. The summed E-state index contributed by atoms with van der Waals surface area (Å²) in [5.74, 6) is -0.224. The van der Waals surface area contributed by atoms with Gasteiger partial charge in [0.25, 0.3) is 0 Å². The number of aromatic nitrogens is 1. The van der Waals surface area contributed by atoms with Gasteiger partial charge in [-0.2, -0.15) is 0 Å². The SMILES string of the molecule is CCCCCCCCc1cncc(F)c1. The highest BCUT2D eigenvalue weighted by Crippen LogP contribution is 2.09. The van der Waals surface area contributed by atoms with E-state index < -0.39 is 0 Å². The van der Waals surface area contributed by atoms with Crippen LogP contribution in [-0.4, -0.2) is 4.98 Å². The Bertz CT molecular complexity index is 273. The van der Waals surface area contributed by atoms with E-state index in [-0.39, 0.29) is 5.82 Å². The van der Waals surface area contributed by atoms with Crippen LogP contribution in [0.5, 0.6) is 0 Å². The number of hydrogen-bond donors (Lipinski definition) is 0. The summed E-state index contributed by atoms with van der Waals surface area (Å²) >= 11 is 0. The van der Waals surface area contributed by atoms with Crippen molar-refractivity contribution in [2.24, 2.45) is 0 Å². The van der Waals surface area contributed by atoms with Crippen molar-refractivity contribution in [3.63, 3.8) is 0 Å². The lowest BCUT2D eigenvalue weighted by molar-refractivity contribution is 0.599. The zero-order valence-corrected chi connectivity index (χ0v) is 9.51. The van der Waals surface area contributed by atoms with Gasteiger partial charge in [-0.15, -0.1) is 0 Å². The van der Waals surface area contributed by atoms with Crippen LogP contribution in [0.4, 0.5) is 4.39 Å². The van der Waals surface area contributed by atoms with Gasteiger partial charge in [-0.25, -0.2) is 4.39 Å². The molecular formula is C13H20FN. The van der Waals surface area contributed by atoms with Gasteiger partial charge in [-0.05, 0) is 24.5 Å². The lowest BCUT2D eigenvalue weighted by atomic mass is 10.1. The first-order valence-electron chi connectivity index (χ1n) is 5.92. The topological polar surface area (TPSA) is 12.9 Å². The fourth-order valence-corrected chi connectivity index (χ4v) is 1.70. The van der Waals surface area contributed by atoms with Crippen molar-refractivity contribution in [1.82, 2.24) is 4.98 Å². The molecular weight excluding hydrogens is 189 g/mol. The summed E-state index contributed by atoms with van der Waals surface area (Å²) < 4.78 is 12.8. The molecule has 0 aliphatic rings. The Morgan fingerprint density at radius 3 is 2.53 bits per heavy atom. The smallest absolute Gasteiger partial charge is 0.141 e. The Labute approximate surface area is 91.7 Å². The van der Waals surface area contributed by atoms with Crippen molar-refractivity contribution in [3.05, 3.63) is 29.8 Å². The third-order valence-corrected chi connectivity index (χ3v) is 2.58. The second kappa shape index (κ2) is 7.38. The molecule has 1 aromatic rings. The minimum atomic E-state index is -0.224. The summed E-state index contributed by atoms with van der Waals surface area (Å²) in [4.78, 5) is 3.84. The van der Waals surface area contributed by atoms with E-state index in [4.69, 9.17) is 0 Å². The highest BCUT2D eigenvalue weighted by Gasteiger charge is 1.96. The molecule has 0 aromatic carbocycles. The van der Waals surface area contributed by atoms with Gasteiger partial charge >= 0.3 is 0 Å². The predicted molar refractivity (Wildman–Crippen MR) is 61.3 cm³/mol. The first kappa shape index (κ1) is 12.2. The van der Waals surface area contributed by atoms with Crippen LogP contribution in [0.25, 0.3) is 0 Å². The van der Waals surface area contributed by atoms with Gasteiger partial charge in [-0.1, -0.05) is 39.0 Å². The average Bonchev–Trinajstić information content (AvgIpc) is 2.23. The van der Waals surface area contributed by atoms with E-state index in [1.807, 2.05) is 0 Å². The Kier molecular flexibility index (Phi) is 5.98. The maximum atomic E-state index is 12.8. The Morgan fingerprint density at radius 1 is 1.07 bits per heavy atom. The molecule has 2 heteroatoms. The van der Waals surface area contributed by atoms with E-state index in [9.17, 15) is 4.39 Å². The molecule has 0 saturated heterocycles. The molecule has 1 nitrogen and oxygen atoms in total. The van der Waals surface area contributed by atoms with Crippen molar-refractivity contribution < 1.29 is 4.39 Å². The number of aryl methyl sites for hydroxylation is 1. The van der Waals surface area contributed by atoms with Gasteiger partial charge in [0, 0.05) is 6.20 Å². The highest BCUT2D eigenvalue weighted by molar-refractivity contribution is 5.09. The summed E-state index contributed by atoms with van der Waals surface area (Å²) in [6.07, 6.45) is 11.6. The van der Waals surface area contributed by atoms with Crippen LogP contribution >= 0.6 is 0 Å². The molecule has 0 radical (unpaired) electrons. The quantitative estimate of drug-likeness (QED) is 0.615. The molecule has 1 aromatic heterocycles. The Balaban J connectivity index is 2.10. The lowest BCUT2D eigenvalue weighted by Crippen LogP contribution is -1.89. The minimum Gasteiger partial charge on any atom is -0.261 e. The van der Waals surface area contributed by atoms with Crippen molar-refractivity contribution >= 4 is 0 Å². The van der Waals surface area contributed by atoms with Crippen molar-refractivity contribution in [2.75, 3.05) is 0 Å². The van der Waals surface area contributed by atoms with Crippen LogP contribution in [0.3, 0.4) is 0 Å². The van der Waals surface area contributed by atoms with Crippen LogP contribution in [0.2, 0.25) is 0 Å². The largest absolute Gasteiger partial charge is 0.261 e. The Hall–Kier alpha value is -0.920. The van der Waals surface area contributed by atoms with Gasteiger partial charge < -0.3 is 0 Å². The molecule has 0 amide bonds. The standard InChI is InChI=1S/C13H20FN/c1-2-3-4-5-6-7-8-12-9-13(14)11-15-10-12/h9-11H,2-8H2,1H3. The fraction of sp³-hybridized carbons (Fsp3) is 0.615. The molecule has 84 valence electrons. The first-order valence-corrected chi connectivity index (χ1v) is 5.92. The molecule has 0 aliphatic carbocycles. The van der Waals surface area contributed by atoms with Gasteiger partial charge in [0.05, 0.1) is 6.20 Å². The second-order valence-corrected chi connectivity index (χ2v) is 4.03. The molecule has 0 unspecified atom stereocenters. The third kappa shape index (κ3) is 5.50. The summed E-state index contributed by atoms with van der Waals surface area (Å²) in [6.45, 7) is 2.22. The number of unbranched alkanes of at least 4 members (excludes halogenated alkanes) is 5. The van der Waals surface area contributed by atoms with Crippen LogP contribution in [0.1, 0.15) is 51.0 Å². The van der Waals surface area contributed by atoms with Gasteiger partial charge in [-0.3, -0.25) is 4.98 Å². The number of nitrogens with zero attached hydrogens (tertiary/aromatic N) is 1. The van der Waals surface area contributed by atoms with Crippen molar-refractivity contribution in [1.29, 1.82) is 0 Å². The number of hydrogen-bond acceptors (Lipinski definition) is 1. The molecule has 0 N–H and O–H groups in total.